The number of ether oxygens (including phenoxy) is 1. The lowest BCUT2D eigenvalue weighted by Gasteiger charge is -2.29. The van der Waals surface area contributed by atoms with E-state index in [1.807, 2.05) is 50.2 Å². The Balaban J connectivity index is 2.48. The van der Waals surface area contributed by atoms with E-state index in [9.17, 15) is 14.7 Å². The lowest BCUT2D eigenvalue weighted by Crippen LogP contribution is -2.37. The van der Waals surface area contributed by atoms with E-state index < -0.39 is 23.1 Å². The van der Waals surface area contributed by atoms with Gasteiger partial charge in [0.15, 0.2) is 11.5 Å². The molecule has 0 radical (unpaired) electrons. The molecule has 1 unspecified atom stereocenters. The SMILES string of the molecule is CCOc1ccc(C2C(C(=O)C(C)(C)C)=C(O)C(=O)N2CCN(C)C)cc1. The number of amides is 1. The molecule has 0 aromatic heterocycles. The van der Waals surface area contributed by atoms with Crippen molar-refractivity contribution >= 4 is 11.7 Å². The molecule has 27 heavy (non-hydrogen) atoms. The number of hydrogen-bond acceptors (Lipinski definition) is 5. The molecule has 6 nitrogen and oxygen atoms in total. The van der Waals surface area contributed by atoms with Gasteiger partial charge in [-0.15, -0.1) is 0 Å². The lowest BCUT2D eigenvalue weighted by molar-refractivity contribution is -0.129. The number of ketones is 1. The number of carbonyl (C=O) groups excluding carboxylic acids is 2. The van der Waals surface area contributed by atoms with Crippen LogP contribution in [-0.4, -0.2) is 60.4 Å². The molecule has 1 heterocycles. The van der Waals surface area contributed by atoms with Crippen molar-refractivity contribution in [1.29, 1.82) is 0 Å². The van der Waals surface area contributed by atoms with Gasteiger partial charge < -0.3 is 19.6 Å². The molecule has 0 fully saturated rings. The van der Waals surface area contributed by atoms with Gasteiger partial charge in [-0.05, 0) is 38.7 Å². The Bertz CT molecular complexity index is 730. The summed E-state index contributed by atoms with van der Waals surface area (Å²) in [5, 5.41) is 10.5. The quantitative estimate of drug-likeness (QED) is 0.795. The van der Waals surface area contributed by atoms with Crippen LogP contribution in [0.15, 0.2) is 35.6 Å². The highest BCUT2D eigenvalue weighted by Gasteiger charge is 2.45. The van der Waals surface area contributed by atoms with Gasteiger partial charge in [-0.1, -0.05) is 32.9 Å². The van der Waals surface area contributed by atoms with Crippen molar-refractivity contribution in [2.75, 3.05) is 33.8 Å². The summed E-state index contributed by atoms with van der Waals surface area (Å²) in [5.74, 6) is -0.433. The van der Waals surface area contributed by atoms with Crippen molar-refractivity contribution in [1.82, 2.24) is 9.80 Å². The summed E-state index contributed by atoms with van der Waals surface area (Å²) < 4.78 is 5.48. The van der Waals surface area contributed by atoms with Crippen molar-refractivity contribution in [2.24, 2.45) is 5.41 Å². The van der Waals surface area contributed by atoms with Crippen LogP contribution in [0.25, 0.3) is 0 Å². The number of carbonyl (C=O) groups is 2. The summed E-state index contributed by atoms with van der Waals surface area (Å²) >= 11 is 0. The van der Waals surface area contributed by atoms with Crippen LogP contribution < -0.4 is 4.74 Å². The highest BCUT2D eigenvalue weighted by atomic mass is 16.5. The van der Waals surface area contributed by atoms with Crippen molar-refractivity contribution < 1.29 is 19.4 Å². The zero-order valence-corrected chi connectivity index (χ0v) is 17.1. The second-order valence-electron chi connectivity index (χ2n) is 8.05. The summed E-state index contributed by atoms with van der Waals surface area (Å²) in [6.45, 7) is 8.88. The number of hydrogen-bond donors (Lipinski definition) is 1. The Morgan fingerprint density at radius 3 is 2.30 bits per heavy atom. The number of benzene rings is 1. The van der Waals surface area contributed by atoms with Crippen LogP contribution in [-0.2, 0) is 9.59 Å². The van der Waals surface area contributed by atoms with Crippen molar-refractivity contribution in [3.8, 4) is 5.75 Å². The maximum absolute atomic E-state index is 13.0. The van der Waals surface area contributed by atoms with E-state index in [0.717, 1.165) is 11.3 Å². The first-order valence-electron chi connectivity index (χ1n) is 9.24. The molecule has 0 aliphatic carbocycles. The molecule has 1 aliphatic rings. The van der Waals surface area contributed by atoms with Crippen LogP contribution in [0.2, 0.25) is 0 Å². The van der Waals surface area contributed by atoms with E-state index in [-0.39, 0.29) is 11.4 Å². The summed E-state index contributed by atoms with van der Waals surface area (Å²) in [5.41, 5.74) is 0.252. The Hall–Kier alpha value is -2.34. The number of aliphatic hydroxyl groups is 1. The molecular formula is C21H30N2O4. The molecule has 1 aromatic carbocycles. The highest BCUT2D eigenvalue weighted by Crippen LogP contribution is 2.41. The molecule has 1 aliphatic heterocycles. The molecule has 148 valence electrons. The molecule has 1 N–H and O–H groups in total. The molecule has 1 aromatic rings. The Morgan fingerprint density at radius 1 is 1.22 bits per heavy atom. The van der Waals surface area contributed by atoms with E-state index in [1.165, 1.54) is 0 Å². The third kappa shape index (κ3) is 4.50. The van der Waals surface area contributed by atoms with Gasteiger partial charge in [0, 0.05) is 18.5 Å². The van der Waals surface area contributed by atoms with Gasteiger partial charge in [0.2, 0.25) is 0 Å². The predicted octanol–water partition coefficient (Wildman–Crippen LogP) is 2.96. The summed E-state index contributed by atoms with van der Waals surface area (Å²) in [7, 11) is 3.84. The number of rotatable bonds is 7. The number of Topliss-reactive ketones (excluding diaryl/α,β-unsaturated/α-hetero) is 1. The largest absolute Gasteiger partial charge is 0.503 e. The minimum absolute atomic E-state index is 0.176. The number of aliphatic hydroxyl groups excluding tert-OH is 1. The van der Waals surface area contributed by atoms with Crippen LogP contribution >= 0.6 is 0 Å². The maximum Gasteiger partial charge on any atom is 0.290 e. The van der Waals surface area contributed by atoms with E-state index in [1.54, 1.807) is 25.7 Å². The smallest absolute Gasteiger partial charge is 0.290 e. The molecule has 1 amide bonds. The van der Waals surface area contributed by atoms with E-state index in [2.05, 4.69) is 0 Å². The normalized spacial score (nSPS) is 17.8. The van der Waals surface area contributed by atoms with E-state index in [0.29, 0.717) is 19.7 Å². The van der Waals surface area contributed by atoms with Gasteiger partial charge in [-0.3, -0.25) is 9.59 Å². The molecule has 2 rings (SSSR count). The second-order valence-corrected chi connectivity index (χ2v) is 8.05. The average molecular weight is 374 g/mol. The molecular weight excluding hydrogens is 344 g/mol. The summed E-state index contributed by atoms with van der Waals surface area (Å²) in [6.07, 6.45) is 0. The van der Waals surface area contributed by atoms with Gasteiger partial charge in [-0.2, -0.15) is 0 Å². The van der Waals surface area contributed by atoms with Crippen LogP contribution in [0.5, 0.6) is 5.75 Å². The molecule has 0 bridgehead atoms. The maximum atomic E-state index is 13.0. The zero-order chi connectivity index (χ0) is 20.4. The predicted molar refractivity (Wildman–Crippen MR) is 105 cm³/mol. The van der Waals surface area contributed by atoms with Crippen LogP contribution in [0, 0.1) is 5.41 Å². The lowest BCUT2D eigenvalue weighted by atomic mass is 9.82. The molecule has 6 heteroatoms. The molecule has 1 atom stereocenters. The Labute approximate surface area is 161 Å². The van der Waals surface area contributed by atoms with Crippen LogP contribution in [0.4, 0.5) is 0 Å². The van der Waals surface area contributed by atoms with Crippen molar-refractivity contribution in [3.63, 3.8) is 0 Å². The van der Waals surface area contributed by atoms with E-state index in [4.69, 9.17) is 4.74 Å². The Kier molecular flexibility index (Phi) is 6.31. The molecule has 0 saturated carbocycles. The third-order valence-corrected chi connectivity index (χ3v) is 4.52. The van der Waals surface area contributed by atoms with E-state index >= 15 is 0 Å². The number of likely N-dealkylation sites (N-methyl/N-ethyl adjacent to an activating group) is 1. The molecule has 0 saturated heterocycles. The van der Waals surface area contributed by atoms with Crippen LogP contribution in [0.1, 0.15) is 39.3 Å². The third-order valence-electron chi connectivity index (χ3n) is 4.52. The highest BCUT2D eigenvalue weighted by molar-refractivity contribution is 6.10. The van der Waals surface area contributed by atoms with Crippen molar-refractivity contribution in [2.45, 2.75) is 33.7 Å². The van der Waals surface area contributed by atoms with Gasteiger partial charge in [0.05, 0.1) is 18.2 Å². The topological polar surface area (TPSA) is 70.1 Å². The molecule has 0 spiro atoms. The first kappa shape index (κ1) is 21.0. The monoisotopic (exact) mass is 374 g/mol. The summed E-state index contributed by atoms with van der Waals surface area (Å²) in [6, 6.07) is 6.74. The summed E-state index contributed by atoms with van der Waals surface area (Å²) in [4.78, 5) is 29.3. The first-order valence-corrected chi connectivity index (χ1v) is 9.24. The standard InChI is InChI=1S/C21H30N2O4/c1-7-27-15-10-8-14(9-11-15)17-16(19(25)21(2,3)4)18(24)20(26)23(17)13-12-22(5)6/h8-11,17,24H,7,12-13H2,1-6H3. The van der Waals surface area contributed by atoms with Crippen molar-refractivity contribution in [3.05, 3.63) is 41.2 Å². The minimum Gasteiger partial charge on any atom is -0.503 e. The minimum atomic E-state index is -0.704. The zero-order valence-electron chi connectivity index (χ0n) is 17.1. The van der Waals surface area contributed by atoms with Crippen LogP contribution in [0.3, 0.4) is 0 Å². The second kappa shape index (κ2) is 8.13. The van der Waals surface area contributed by atoms with Gasteiger partial charge in [0.1, 0.15) is 5.75 Å². The fourth-order valence-corrected chi connectivity index (χ4v) is 3.09. The number of nitrogens with zero attached hydrogens (tertiary/aromatic N) is 2. The van der Waals surface area contributed by atoms with Gasteiger partial charge >= 0.3 is 0 Å². The first-order chi connectivity index (χ1) is 12.6. The fourth-order valence-electron chi connectivity index (χ4n) is 3.09. The Morgan fingerprint density at radius 2 is 1.81 bits per heavy atom. The fraction of sp³-hybridized carbons (Fsp3) is 0.524. The van der Waals surface area contributed by atoms with Gasteiger partial charge in [0.25, 0.3) is 5.91 Å². The average Bonchev–Trinajstić information content (AvgIpc) is 2.83. The van der Waals surface area contributed by atoms with Gasteiger partial charge in [-0.25, -0.2) is 0 Å².